The lowest BCUT2D eigenvalue weighted by atomic mass is 9.81. The van der Waals surface area contributed by atoms with Gasteiger partial charge in [0.25, 0.3) is 5.91 Å². The van der Waals surface area contributed by atoms with E-state index in [9.17, 15) is 14.4 Å². The molecule has 1 heterocycles. The molecule has 2 fully saturated rings. The van der Waals surface area contributed by atoms with Crippen molar-refractivity contribution in [3.63, 3.8) is 0 Å². The Morgan fingerprint density at radius 2 is 2.00 bits per heavy atom. The highest BCUT2D eigenvalue weighted by atomic mass is 16.2. The first-order valence-corrected chi connectivity index (χ1v) is 6.61. The van der Waals surface area contributed by atoms with Crippen LogP contribution in [0.2, 0.25) is 0 Å². The number of imide groups is 1. The summed E-state index contributed by atoms with van der Waals surface area (Å²) < 4.78 is 0. The zero-order valence-corrected chi connectivity index (χ0v) is 11.7. The smallest absolute Gasteiger partial charge is 0.252 e. The van der Waals surface area contributed by atoms with E-state index >= 15 is 0 Å². The van der Waals surface area contributed by atoms with Gasteiger partial charge in [0.1, 0.15) is 12.1 Å². The van der Waals surface area contributed by atoms with Gasteiger partial charge in [0.2, 0.25) is 11.8 Å². The number of piperazine rings is 1. The lowest BCUT2D eigenvalue weighted by Crippen LogP contribution is -2.68. The monoisotopic (exact) mass is 267 g/mol. The van der Waals surface area contributed by atoms with Gasteiger partial charge in [-0.3, -0.25) is 19.7 Å². The zero-order valence-electron chi connectivity index (χ0n) is 11.7. The average molecular weight is 267 g/mol. The predicted molar refractivity (Wildman–Crippen MR) is 68.9 cm³/mol. The van der Waals surface area contributed by atoms with Crippen molar-refractivity contribution >= 4 is 17.7 Å². The summed E-state index contributed by atoms with van der Waals surface area (Å²) in [4.78, 5) is 37.5. The number of hydrogen-bond donors (Lipinski definition) is 2. The van der Waals surface area contributed by atoms with Crippen LogP contribution in [0.3, 0.4) is 0 Å². The van der Waals surface area contributed by atoms with E-state index in [1.54, 1.807) is 13.8 Å². The minimum Gasteiger partial charge on any atom is -0.327 e. The summed E-state index contributed by atoms with van der Waals surface area (Å²) in [5.74, 6) is -1.06. The molecule has 1 aliphatic carbocycles. The molecule has 0 aromatic carbocycles. The molecule has 0 bridgehead atoms. The SMILES string of the molecule is CC1(C(=O)N2CC(=O)NC(=O)C2(C)C)CCCC1N. The van der Waals surface area contributed by atoms with Crippen LogP contribution in [0.1, 0.15) is 40.0 Å². The van der Waals surface area contributed by atoms with Crippen LogP contribution in [0.4, 0.5) is 0 Å². The van der Waals surface area contributed by atoms with Gasteiger partial charge < -0.3 is 10.6 Å². The maximum absolute atomic E-state index is 12.8. The maximum Gasteiger partial charge on any atom is 0.252 e. The summed E-state index contributed by atoms with van der Waals surface area (Å²) in [5, 5.41) is 2.27. The Hall–Kier alpha value is -1.43. The third-order valence-electron chi connectivity index (χ3n) is 4.55. The third-order valence-corrected chi connectivity index (χ3v) is 4.55. The van der Waals surface area contributed by atoms with E-state index < -0.39 is 22.8 Å². The topological polar surface area (TPSA) is 92.5 Å². The zero-order chi connectivity index (χ0) is 14.4. The summed E-state index contributed by atoms with van der Waals surface area (Å²) in [6.07, 6.45) is 2.41. The fourth-order valence-electron chi connectivity index (χ4n) is 2.88. The molecule has 0 aromatic heterocycles. The molecule has 2 rings (SSSR count). The van der Waals surface area contributed by atoms with Gasteiger partial charge in [-0.05, 0) is 33.6 Å². The van der Waals surface area contributed by atoms with Gasteiger partial charge in [-0.15, -0.1) is 0 Å². The Bertz CT molecular complexity index is 446. The number of nitrogens with one attached hydrogen (secondary N) is 1. The van der Waals surface area contributed by atoms with Crippen LogP contribution in [0.15, 0.2) is 0 Å². The average Bonchev–Trinajstić information content (AvgIpc) is 2.65. The molecule has 0 radical (unpaired) electrons. The normalized spacial score (nSPS) is 34.3. The molecular formula is C13H21N3O3. The van der Waals surface area contributed by atoms with E-state index in [1.807, 2.05) is 6.92 Å². The van der Waals surface area contributed by atoms with E-state index in [-0.39, 0.29) is 18.5 Å². The summed E-state index contributed by atoms with van der Waals surface area (Å²) >= 11 is 0. The van der Waals surface area contributed by atoms with Crippen LogP contribution in [0.5, 0.6) is 0 Å². The van der Waals surface area contributed by atoms with Gasteiger partial charge in [-0.2, -0.15) is 0 Å². The predicted octanol–water partition coefficient (Wildman–Crippen LogP) is -0.232. The highest BCUT2D eigenvalue weighted by Gasteiger charge is 2.51. The first-order chi connectivity index (χ1) is 8.69. The second-order valence-corrected chi connectivity index (χ2v) is 6.24. The molecule has 6 nitrogen and oxygen atoms in total. The van der Waals surface area contributed by atoms with Crippen LogP contribution in [-0.4, -0.2) is 40.7 Å². The van der Waals surface area contributed by atoms with Crippen molar-refractivity contribution < 1.29 is 14.4 Å². The minimum absolute atomic E-state index is 0.0834. The molecule has 2 unspecified atom stereocenters. The maximum atomic E-state index is 12.8. The lowest BCUT2D eigenvalue weighted by molar-refractivity contribution is -0.161. The quantitative estimate of drug-likeness (QED) is 0.642. The van der Waals surface area contributed by atoms with Crippen molar-refractivity contribution in [1.29, 1.82) is 0 Å². The molecule has 1 saturated carbocycles. The minimum atomic E-state index is -1.02. The molecule has 6 heteroatoms. The molecule has 3 N–H and O–H groups in total. The molecule has 19 heavy (non-hydrogen) atoms. The molecule has 0 spiro atoms. The Morgan fingerprint density at radius 3 is 2.53 bits per heavy atom. The molecule has 1 saturated heterocycles. The van der Waals surface area contributed by atoms with Gasteiger partial charge >= 0.3 is 0 Å². The van der Waals surface area contributed by atoms with Gasteiger partial charge in [0.15, 0.2) is 0 Å². The fraction of sp³-hybridized carbons (Fsp3) is 0.769. The van der Waals surface area contributed by atoms with Crippen molar-refractivity contribution in [3.05, 3.63) is 0 Å². The van der Waals surface area contributed by atoms with Crippen molar-refractivity contribution in [2.45, 2.75) is 51.6 Å². The van der Waals surface area contributed by atoms with Crippen LogP contribution in [-0.2, 0) is 14.4 Å². The van der Waals surface area contributed by atoms with Crippen LogP contribution >= 0.6 is 0 Å². The number of hydrogen-bond acceptors (Lipinski definition) is 4. The number of carbonyl (C=O) groups excluding carboxylic acids is 3. The van der Waals surface area contributed by atoms with Gasteiger partial charge in [-0.1, -0.05) is 6.42 Å². The van der Waals surface area contributed by atoms with Gasteiger partial charge in [-0.25, -0.2) is 0 Å². The fourth-order valence-corrected chi connectivity index (χ4v) is 2.88. The molecule has 2 atom stereocenters. The van der Waals surface area contributed by atoms with Crippen molar-refractivity contribution in [3.8, 4) is 0 Å². The van der Waals surface area contributed by atoms with Gasteiger partial charge in [0, 0.05) is 6.04 Å². The number of carbonyl (C=O) groups is 3. The second kappa shape index (κ2) is 4.30. The van der Waals surface area contributed by atoms with Crippen molar-refractivity contribution in [2.24, 2.45) is 11.1 Å². The number of rotatable bonds is 1. The molecule has 1 aliphatic heterocycles. The Labute approximate surface area is 112 Å². The second-order valence-electron chi connectivity index (χ2n) is 6.24. The van der Waals surface area contributed by atoms with E-state index in [0.29, 0.717) is 6.42 Å². The van der Waals surface area contributed by atoms with E-state index in [4.69, 9.17) is 5.73 Å². The Morgan fingerprint density at radius 1 is 1.37 bits per heavy atom. The molecule has 2 aliphatic rings. The van der Waals surface area contributed by atoms with Crippen molar-refractivity contribution in [2.75, 3.05) is 6.54 Å². The first-order valence-electron chi connectivity index (χ1n) is 6.61. The van der Waals surface area contributed by atoms with Crippen LogP contribution in [0, 0.1) is 5.41 Å². The summed E-state index contributed by atoms with van der Waals surface area (Å²) in [5.41, 5.74) is 4.36. The third kappa shape index (κ3) is 2.04. The Balaban J connectivity index is 2.31. The number of nitrogens with two attached hydrogens (primary N) is 1. The molecular weight excluding hydrogens is 246 g/mol. The van der Waals surface area contributed by atoms with Crippen LogP contribution < -0.4 is 11.1 Å². The van der Waals surface area contributed by atoms with E-state index in [1.165, 1.54) is 4.90 Å². The molecule has 0 aromatic rings. The van der Waals surface area contributed by atoms with E-state index in [0.717, 1.165) is 12.8 Å². The van der Waals surface area contributed by atoms with Crippen molar-refractivity contribution in [1.82, 2.24) is 10.2 Å². The summed E-state index contributed by atoms with van der Waals surface area (Å²) in [7, 11) is 0. The largest absolute Gasteiger partial charge is 0.327 e. The highest BCUT2D eigenvalue weighted by molar-refractivity contribution is 6.06. The first kappa shape index (κ1) is 14.0. The summed E-state index contributed by atoms with van der Waals surface area (Å²) in [6, 6.07) is -0.212. The van der Waals surface area contributed by atoms with Crippen LogP contribution in [0.25, 0.3) is 0 Å². The highest BCUT2D eigenvalue weighted by Crippen LogP contribution is 2.40. The summed E-state index contributed by atoms with van der Waals surface area (Å²) in [6.45, 7) is 5.05. The molecule has 3 amide bonds. The molecule has 106 valence electrons. The number of nitrogens with zero attached hydrogens (tertiary/aromatic N) is 1. The lowest BCUT2D eigenvalue weighted by Gasteiger charge is -2.44. The van der Waals surface area contributed by atoms with E-state index in [2.05, 4.69) is 5.32 Å². The van der Waals surface area contributed by atoms with Gasteiger partial charge in [0.05, 0.1) is 5.41 Å². The standard InChI is InChI=1S/C13H21N3O3/c1-12(2)10(18)15-9(17)7-16(12)11(19)13(3)6-4-5-8(13)14/h8H,4-7,14H2,1-3H3,(H,15,17,18). The number of amides is 3. The Kier molecular flexibility index (Phi) is 3.16.